The lowest BCUT2D eigenvalue weighted by molar-refractivity contribution is -0.136. The van der Waals surface area contributed by atoms with Crippen molar-refractivity contribution in [2.45, 2.75) is 32.1 Å². The molecule has 0 amide bonds. The normalized spacial score (nSPS) is 21.7. The minimum Gasteiger partial charge on any atom is -0.501 e. The number of hydrogen-bond donors (Lipinski definition) is 0. The summed E-state index contributed by atoms with van der Waals surface area (Å²) in [6.07, 6.45) is 7.00. The summed E-state index contributed by atoms with van der Waals surface area (Å²) < 4.78 is 20.2. The van der Waals surface area contributed by atoms with Crippen molar-refractivity contribution < 1.29 is 28.5 Å². The van der Waals surface area contributed by atoms with Gasteiger partial charge in [-0.05, 0) is 19.3 Å². The molecule has 0 bridgehead atoms. The molecule has 6 nitrogen and oxygen atoms in total. The molecule has 116 valence electrons. The van der Waals surface area contributed by atoms with Gasteiger partial charge >= 0.3 is 11.9 Å². The fraction of sp³-hybridized carbons (Fsp3) is 0.600. The molecule has 2 aliphatic heterocycles. The highest BCUT2D eigenvalue weighted by atomic mass is 16.5. The predicted molar refractivity (Wildman–Crippen MR) is 73.1 cm³/mol. The van der Waals surface area contributed by atoms with Gasteiger partial charge in [-0.2, -0.15) is 0 Å². The standard InChI is InChI=1S/C15H20O6/c16-14-12(4-8-20-14)10-18-6-2-1-3-7-19-11-13-5-9-21-15(13)17/h10-11H,1-9H2/b12-10-,13-11+. The Morgan fingerprint density at radius 1 is 0.810 bits per heavy atom. The number of cyclic esters (lactones) is 2. The van der Waals surface area contributed by atoms with Gasteiger partial charge in [0.2, 0.25) is 0 Å². The fourth-order valence-corrected chi connectivity index (χ4v) is 1.98. The van der Waals surface area contributed by atoms with Gasteiger partial charge in [0.05, 0.1) is 50.1 Å². The maximum atomic E-state index is 11.1. The Morgan fingerprint density at radius 2 is 1.29 bits per heavy atom. The monoisotopic (exact) mass is 296 g/mol. The Morgan fingerprint density at radius 3 is 1.67 bits per heavy atom. The lowest BCUT2D eigenvalue weighted by atomic mass is 10.2. The molecule has 2 saturated heterocycles. The minimum absolute atomic E-state index is 0.276. The molecule has 0 radical (unpaired) electrons. The lowest BCUT2D eigenvalue weighted by Crippen LogP contribution is -1.98. The summed E-state index contributed by atoms with van der Waals surface area (Å²) in [5.74, 6) is -0.552. The number of carbonyl (C=O) groups excluding carboxylic acids is 2. The highest BCUT2D eigenvalue weighted by molar-refractivity contribution is 5.90. The van der Waals surface area contributed by atoms with Gasteiger partial charge in [0.1, 0.15) is 0 Å². The SMILES string of the molecule is O=C1OCC/C1=C/OCCCCCO/C=C1\CCOC1=O. The summed E-state index contributed by atoms with van der Waals surface area (Å²) in [5, 5.41) is 0. The van der Waals surface area contributed by atoms with E-state index in [0.717, 1.165) is 19.3 Å². The molecule has 0 aromatic carbocycles. The summed E-state index contributed by atoms with van der Waals surface area (Å²) in [6, 6.07) is 0. The van der Waals surface area contributed by atoms with Crippen LogP contribution in [0, 0.1) is 0 Å². The molecule has 0 unspecified atom stereocenters. The molecule has 2 aliphatic rings. The predicted octanol–water partition coefficient (Wildman–Crippen LogP) is 1.85. The Kier molecular flexibility index (Phi) is 6.12. The van der Waals surface area contributed by atoms with Gasteiger partial charge in [-0.25, -0.2) is 9.59 Å². The van der Waals surface area contributed by atoms with Gasteiger partial charge in [-0.3, -0.25) is 0 Å². The van der Waals surface area contributed by atoms with Crippen LogP contribution in [0.3, 0.4) is 0 Å². The molecule has 2 rings (SSSR count). The number of carbonyl (C=O) groups is 2. The van der Waals surface area contributed by atoms with E-state index in [2.05, 4.69) is 0 Å². The number of unbranched alkanes of at least 4 members (excludes halogenated alkanes) is 2. The van der Waals surface area contributed by atoms with Crippen LogP contribution in [0.5, 0.6) is 0 Å². The van der Waals surface area contributed by atoms with Crippen molar-refractivity contribution in [3.8, 4) is 0 Å². The molecule has 2 heterocycles. The van der Waals surface area contributed by atoms with Gasteiger partial charge < -0.3 is 18.9 Å². The van der Waals surface area contributed by atoms with Crippen molar-refractivity contribution >= 4 is 11.9 Å². The van der Waals surface area contributed by atoms with Crippen LogP contribution in [0.1, 0.15) is 32.1 Å². The quantitative estimate of drug-likeness (QED) is 0.295. The molecule has 6 heteroatoms. The van der Waals surface area contributed by atoms with Crippen LogP contribution >= 0.6 is 0 Å². The maximum absolute atomic E-state index is 11.1. The van der Waals surface area contributed by atoms with Crippen LogP contribution in [0.15, 0.2) is 23.7 Å². The van der Waals surface area contributed by atoms with Crippen molar-refractivity contribution in [1.82, 2.24) is 0 Å². The second-order valence-electron chi connectivity index (χ2n) is 4.86. The molecular formula is C15H20O6. The summed E-state index contributed by atoms with van der Waals surface area (Å²) in [7, 11) is 0. The average molecular weight is 296 g/mol. The first-order chi connectivity index (χ1) is 10.3. The molecule has 0 aromatic rings. The van der Waals surface area contributed by atoms with Gasteiger partial charge in [-0.15, -0.1) is 0 Å². The Labute approximate surface area is 123 Å². The van der Waals surface area contributed by atoms with Gasteiger partial charge in [0.25, 0.3) is 0 Å². The average Bonchev–Trinajstić information content (AvgIpc) is 3.06. The van der Waals surface area contributed by atoms with E-state index in [1.54, 1.807) is 0 Å². The zero-order valence-corrected chi connectivity index (χ0v) is 12.0. The van der Waals surface area contributed by atoms with Gasteiger partial charge in [0.15, 0.2) is 0 Å². The molecule has 0 atom stereocenters. The smallest absolute Gasteiger partial charge is 0.337 e. The van der Waals surface area contributed by atoms with E-state index in [9.17, 15) is 9.59 Å². The van der Waals surface area contributed by atoms with E-state index >= 15 is 0 Å². The van der Waals surface area contributed by atoms with Gasteiger partial charge in [-0.1, -0.05) is 0 Å². The molecule has 0 saturated carbocycles. The van der Waals surface area contributed by atoms with E-state index < -0.39 is 0 Å². The zero-order chi connectivity index (χ0) is 14.9. The second-order valence-corrected chi connectivity index (χ2v) is 4.86. The zero-order valence-electron chi connectivity index (χ0n) is 12.0. The number of esters is 2. The Bertz CT molecular complexity index is 397. The third-order valence-corrected chi connectivity index (χ3v) is 3.21. The van der Waals surface area contributed by atoms with Crippen LogP contribution in [-0.2, 0) is 28.5 Å². The number of rotatable bonds is 8. The third kappa shape index (κ3) is 5.13. The van der Waals surface area contributed by atoms with Crippen LogP contribution < -0.4 is 0 Å². The maximum Gasteiger partial charge on any atom is 0.337 e. The third-order valence-electron chi connectivity index (χ3n) is 3.21. The van der Waals surface area contributed by atoms with Crippen molar-refractivity contribution in [1.29, 1.82) is 0 Å². The second kappa shape index (κ2) is 8.34. The van der Waals surface area contributed by atoms with Crippen LogP contribution in [0.25, 0.3) is 0 Å². The molecule has 0 aliphatic carbocycles. The topological polar surface area (TPSA) is 71.1 Å². The first kappa shape index (κ1) is 15.4. The number of hydrogen-bond acceptors (Lipinski definition) is 6. The van der Waals surface area contributed by atoms with Crippen LogP contribution in [-0.4, -0.2) is 38.4 Å². The lowest BCUT2D eigenvalue weighted by Gasteiger charge is -2.03. The highest BCUT2D eigenvalue weighted by Gasteiger charge is 2.19. The van der Waals surface area contributed by atoms with E-state index in [0.29, 0.717) is 50.4 Å². The van der Waals surface area contributed by atoms with Crippen LogP contribution in [0.4, 0.5) is 0 Å². The summed E-state index contributed by atoms with van der Waals surface area (Å²) in [5.41, 5.74) is 1.21. The summed E-state index contributed by atoms with van der Waals surface area (Å²) >= 11 is 0. The highest BCUT2D eigenvalue weighted by Crippen LogP contribution is 2.13. The molecule has 2 fully saturated rings. The molecule has 0 aromatic heterocycles. The summed E-state index contributed by atoms with van der Waals surface area (Å²) in [6.45, 7) is 2.05. The first-order valence-corrected chi connectivity index (χ1v) is 7.23. The first-order valence-electron chi connectivity index (χ1n) is 7.23. The Hall–Kier alpha value is -1.98. The van der Waals surface area contributed by atoms with Crippen molar-refractivity contribution in [2.24, 2.45) is 0 Å². The van der Waals surface area contributed by atoms with Crippen molar-refractivity contribution in [3.05, 3.63) is 23.7 Å². The van der Waals surface area contributed by atoms with Crippen LogP contribution in [0.2, 0.25) is 0 Å². The van der Waals surface area contributed by atoms with E-state index in [1.807, 2.05) is 0 Å². The largest absolute Gasteiger partial charge is 0.501 e. The van der Waals surface area contributed by atoms with E-state index in [-0.39, 0.29) is 11.9 Å². The Balaban J connectivity index is 1.45. The summed E-state index contributed by atoms with van der Waals surface area (Å²) in [4.78, 5) is 22.2. The molecule has 0 spiro atoms. The molecular weight excluding hydrogens is 276 g/mol. The fourth-order valence-electron chi connectivity index (χ4n) is 1.98. The van der Waals surface area contributed by atoms with Crippen molar-refractivity contribution in [2.75, 3.05) is 26.4 Å². The van der Waals surface area contributed by atoms with Crippen molar-refractivity contribution in [3.63, 3.8) is 0 Å². The van der Waals surface area contributed by atoms with Gasteiger partial charge in [0, 0.05) is 12.8 Å². The number of ether oxygens (including phenoxy) is 4. The van der Waals surface area contributed by atoms with E-state index in [4.69, 9.17) is 18.9 Å². The molecule has 0 N–H and O–H groups in total. The van der Waals surface area contributed by atoms with E-state index in [1.165, 1.54) is 12.5 Å². The minimum atomic E-state index is -0.276. The molecule has 21 heavy (non-hydrogen) atoms.